The summed E-state index contributed by atoms with van der Waals surface area (Å²) in [7, 11) is 0. The highest BCUT2D eigenvalue weighted by Crippen LogP contribution is 2.41. The van der Waals surface area contributed by atoms with Crippen molar-refractivity contribution in [3.05, 3.63) is 100 Å². The average molecular weight is 601 g/mol. The van der Waals surface area contributed by atoms with Crippen LogP contribution in [0.25, 0.3) is 11.0 Å². The summed E-state index contributed by atoms with van der Waals surface area (Å²) in [5, 5.41) is 0. The Morgan fingerprint density at radius 2 is 1.66 bits per heavy atom. The van der Waals surface area contributed by atoms with Crippen LogP contribution in [0.2, 0.25) is 0 Å². The summed E-state index contributed by atoms with van der Waals surface area (Å²) in [6.45, 7) is 8.40. The maximum absolute atomic E-state index is 13.7. The number of halogens is 1. The fourth-order valence-corrected chi connectivity index (χ4v) is 6.55. The van der Waals surface area contributed by atoms with Crippen molar-refractivity contribution in [1.82, 2.24) is 19.4 Å². The minimum absolute atomic E-state index is 0.0804. The predicted molar refractivity (Wildman–Crippen MR) is 168 cm³/mol. The molecule has 1 amide bonds. The van der Waals surface area contributed by atoms with Gasteiger partial charge in [0.25, 0.3) is 0 Å². The Morgan fingerprint density at radius 1 is 0.955 bits per heavy atom. The first-order valence-corrected chi connectivity index (χ1v) is 15.7. The molecule has 2 saturated heterocycles. The quantitative estimate of drug-likeness (QED) is 0.229. The number of carbonyl (C=O) groups excluding carboxylic acids is 1. The molecule has 9 heteroatoms. The summed E-state index contributed by atoms with van der Waals surface area (Å²) < 4.78 is 27.6. The third kappa shape index (κ3) is 6.53. The van der Waals surface area contributed by atoms with E-state index in [0.717, 1.165) is 66.8 Å². The molecule has 0 aliphatic carbocycles. The van der Waals surface area contributed by atoms with E-state index >= 15 is 0 Å². The number of fused-ring (bicyclic) bond motifs is 1. The third-order valence-corrected chi connectivity index (χ3v) is 8.95. The zero-order chi connectivity index (χ0) is 30.7. The van der Waals surface area contributed by atoms with E-state index in [4.69, 9.17) is 9.47 Å². The number of hydrogen-bond acceptors (Lipinski definition) is 5. The van der Waals surface area contributed by atoms with Crippen molar-refractivity contribution in [3.63, 3.8) is 0 Å². The number of aromatic amines is 1. The second kappa shape index (κ2) is 12.9. The van der Waals surface area contributed by atoms with E-state index in [-0.39, 0.29) is 23.6 Å². The van der Waals surface area contributed by atoms with Crippen LogP contribution in [-0.2, 0) is 24.2 Å². The highest BCUT2D eigenvalue weighted by atomic mass is 19.1. The maximum Gasteiger partial charge on any atom is 0.411 e. The highest BCUT2D eigenvalue weighted by Gasteiger charge is 2.54. The van der Waals surface area contributed by atoms with Crippen molar-refractivity contribution >= 4 is 17.1 Å². The number of aromatic nitrogens is 2. The molecule has 1 N–H and O–H groups in total. The first-order chi connectivity index (χ1) is 21.3. The van der Waals surface area contributed by atoms with Crippen LogP contribution < -0.4 is 10.4 Å². The van der Waals surface area contributed by atoms with Crippen molar-refractivity contribution in [2.75, 3.05) is 26.2 Å². The van der Waals surface area contributed by atoms with E-state index in [9.17, 15) is 14.0 Å². The van der Waals surface area contributed by atoms with Gasteiger partial charge in [-0.3, -0.25) is 9.47 Å². The summed E-state index contributed by atoms with van der Waals surface area (Å²) in [5.41, 5.74) is 3.06. The van der Waals surface area contributed by atoms with Gasteiger partial charge in [-0.25, -0.2) is 14.0 Å². The molecule has 1 unspecified atom stereocenters. The molecule has 2 aliphatic rings. The molecule has 1 aromatic heterocycles. The van der Waals surface area contributed by atoms with Crippen LogP contribution in [0.3, 0.4) is 0 Å². The fraction of sp³-hybridized carbons (Fsp3) is 0.429. The number of piperidine rings is 1. The lowest BCUT2D eigenvalue weighted by atomic mass is 9.81. The number of likely N-dealkylation sites (tertiary alicyclic amines) is 1. The molecule has 3 aromatic carbocycles. The molecule has 1 atom stereocenters. The molecular weight excluding hydrogens is 559 g/mol. The number of benzene rings is 3. The van der Waals surface area contributed by atoms with Crippen LogP contribution in [0.1, 0.15) is 44.2 Å². The van der Waals surface area contributed by atoms with E-state index in [1.807, 2.05) is 53.4 Å². The second-order valence-corrected chi connectivity index (χ2v) is 12.5. The number of para-hydroxylation sites is 2. The van der Waals surface area contributed by atoms with Gasteiger partial charge in [-0.1, -0.05) is 50.2 Å². The number of nitrogens with zero attached hydrogens (tertiary/aromatic N) is 3. The van der Waals surface area contributed by atoms with Crippen molar-refractivity contribution in [1.29, 1.82) is 0 Å². The smallest absolute Gasteiger partial charge is 0.411 e. The van der Waals surface area contributed by atoms with Crippen LogP contribution in [-0.4, -0.2) is 63.3 Å². The number of H-pyrrole nitrogens is 1. The summed E-state index contributed by atoms with van der Waals surface area (Å²) in [6, 6.07) is 22.0. The number of nitrogens with one attached hydrogen (secondary N) is 1. The molecule has 1 spiro atoms. The van der Waals surface area contributed by atoms with E-state index < -0.39 is 5.60 Å². The number of amides is 1. The van der Waals surface area contributed by atoms with Crippen LogP contribution >= 0.6 is 0 Å². The van der Waals surface area contributed by atoms with E-state index in [2.05, 4.69) is 23.7 Å². The van der Waals surface area contributed by atoms with Crippen molar-refractivity contribution < 1.29 is 18.7 Å². The van der Waals surface area contributed by atoms with Gasteiger partial charge in [0.15, 0.2) is 0 Å². The summed E-state index contributed by atoms with van der Waals surface area (Å²) in [4.78, 5) is 33.1. The zero-order valence-electron chi connectivity index (χ0n) is 25.5. The number of carbonyl (C=O) groups is 1. The first-order valence-electron chi connectivity index (χ1n) is 15.7. The molecule has 232 valence electrons. The van der Waals surface area contributed by atoms with Crippen LogP contribution in [0, 0.1) is 11.7 Å². The molecule has 4 aromatic rings. The Labute approximate surface area is 257 Å². The van der Waals surface area contributed by atoms with Crippen molar-refractivity contribution in [3.8, 4) is 5.75 Å². The van der Waals surface area contributed by atoms with E-state index in [1.54, 1.807) is 16.7 Å². The lowest BCUT2D eigenvalue weighted by Gasteiger charge is -2.42. The van der Waals surface area contributed by atoms with Gasteiger partial charge in [0.1, 0.15) is 17.2 Å². The van der Waals surface area contributed by atoms with Gasteiger partial charge in [-0.2, -0.15) is 0 Å². The van der Waals surface area contributed by atoms with Gasteiger partial charge in [-0.05, 0) is 72.8 Å². The predicted octanol–water partition coefficient (Wildman–Crippen LogP) is 5.99. The summed E-state index contributed by atoms with van der Waals surface area (Å²) >= 11 is 0. The Bertz CT molecular complexity index is 1620. The Morgan fingerprint density at radius 3 is 2.39 bits per heavy atom. The normalized spacial score (nSPS) is 18.4. The number of rotatable bonds is 11. The monoisotopic (exact) mass is 600 g/mol. The molecule has 8 nitrogen and oxygen atoms in total. The molecule has 44 heavy (non-hydrogen) atoms. The topological polar surface area (TPSA) is 79.8 Å². The minimum atomic E-state index is -0.615. The minimum Gasteiger partial charge on any atom is -0.493 e. The number of ether oxygens (including phenoxy) is 2. The number of aryl methyl sites for hydroxylation is 1. The van der Waals surface area contributed by atoms with Gasteiger partial charge < -0.3 is 19.4 Å². The van der Waals surface area contributed by atoms with Gasteiger partial charge in [0.2, 0.25) is 0 Å². The van der Waals surface area contributed by atoms with Gasteiger partial charge in [-0.15, -0.1) is 0 Å². The SMILES string of the molecule is CC(C)COc1ccc(CN2C(=O)OC3(CCN(CCCn4c(=O)[nH]c5ccccc54)CC3)C2Cc2ccc(F)cc2)cc1. The standard InChI is InChI=1S/C35H41FN4O4/c1-25(2)24-43-29-14-10-27(11-15-29)23-40-32(22-26-8-12-28(36)13-9-26)35(44-34(40)42)16-20-38(21-17-35)18-5-19-39-31-7-4-3-6-30(31)37-33(39)41/h3-4,6-15,25,32H,5,16-24H2,1-2H3,(H,37,41). The van der Waals surface area contributed by atoms with Crippen molar-refractivity contribution in [2.45, 2.75) is 64.3 Å². The van der Waals surface area contributed by atoms with E-state index in [1.165, 1.54) is 12.1 Å². The number of imidazole rings is 1. The molecule has 2 fully saturated rings. The first kappa shape index (κ1) is 29.9. The molecule has 0 saturated carbocycles. The van der Waals surface area contributed by atoms with Gasteiger partial charge in [0, 0.05) is 39.0 Å². The zero-order valence-corrected chi connectivity index (χ0v) is 25.5. The highest BCUT2D eigenvalue weighted by molar-refractivity contribution is 5.75. The number of hydrogen-bond donors (Lipinski definition) is 1. The fourth-order valence-electron chi connectivity index (χ4n) is 6.55. The maximum atomic E-state index is 13.7. The third-order valence-electron chi connectivity index (χ3n) is 8.95. The van der Waals surface area contributed by atoms with Crippen LogP contribution in [0.4, 0.5) is 9.18 Å². The largest absolute Gasteiger partial charge is 0.493 e. The van der Waals surface area contributed by atoms with Gasteiger partial charge in [0.05, 0.1) is 23.7 Å². The molecule has 0 radical (unpaired) electrons. The second-order valence-electron chi connectivity index (χ2n) is 12.5. The van der Waals surface area contributed by atoms with Gasteiger partial charge >= 0.3 is 11.8 Å². The Kier molecular flexibility index (Phi) is 8.75. The molecule has 2 aliphatic heterocycles. The average Bonchev–Trinajstić information content (AvgIpc) is 3.47. The summed E-state index contributed by atoms with van der Waals surface area (Å²) in [6.07, 6.45) is 2.57. The lowest BCUT2D eigenvalue weighted by Crippen LogP contribution is -2.53. The van der Waals surface area contributed by atoms with Crippen LogP contribution in [0.5, 0.6) is 5.75 Å². The molecule has 6 rings (SSSR count). The Balaban J connectivity index is 1.13. The molecule has 3 heterocycles. The lowest BCUT2D eigenvalue weighted by molar-refractivity contribution is -0.0220. The van der Waals surface area contributed by atoms with Crippen LogP contribution in [0.15, 0.2) is 77.6 Å². The van der Waals surface area contributed by atoms with E-state index in [0.29, 0.717) is 32.0 Å². The summed E-state index contributed by atoms with van der Waals surface area (Å²) in [5.74, 6) is 0.975. The molecular formula is C35H41FN4O4. The molecule has 0 bridgehead atoms. The Hall–Kier alpha value is -4.11. The van der Waals surface area contributed by atoms with Crippen molar-refractivity contribution in [2.24, 2.45) is 5.92 Å².